The summed E-state index contributed by atoms with van der Waals surface area (Å²) in [4.78, 5) is 18.5. The number of ether oxygens (including phenoxy) is 1. The quantitative estimate of drug-likeness (QED) is 0.819. The van der Waals surface area contributed by atoms with Gasteiger partial charge in [-0.1, -0.05) is 0 Å². The van der Waals surface area contributed by atoms with Gasteiger partial charge in [0.2, 0.25) is 5.88 Å². The molecule has 2 N–H and O–H groups in total. The van der Waals surface area contributed by atoms with Crippen LogP contribution in [0, 0.1) is 5.82 Å². The topological polar surface area (TPSA) is 75.2 Å². The van der Waals surface area contributed by atoms with E-state index in [0.29, 0.717) is 25.0 Å². The van der Waals surface area contributed by atoms with E-state index in [1.807, 2.05) is 0 Å². The number of benzene rings is 1. The van der Waals surface area contributed by atoms with Crippen molar-refractivity contribution in [1.29, 1.82) is 0 Å². The molecule has 0 saturated heterocycles. The number of rotatable bonds is 5. The zero-order valence-electron chi connectivity index (χ0n) is 11.0. The van der Waals surface area contributed by atoms with Gasteiger partial charge in [0.15, 0.2) is 0 Å². The zero-order chi connectivity index (χ0) is 14.5. The van der Waals surface area contributed by atoms with Crippen LogP contribution in [0.15, 0.2) is 29.1 Å². The van der Waals surface area contributed by atoms with Crippen molar-refractivity contribution < 1.29 is 14.2 Å². The van der Waals surface area contributed by atoms with Crippen LogP contribution in [0.2, 0.25) is 0 Å². The van der Waals surface area contributed by atoms with Gasteiger partial charge in [-0.25, -0.2) is 4.39 Å². The van der Waals surface area contributed by atoms with Gasteiger partial charge in [0.05, 0.1) is 5.56 Å². The van der Waals surface area contributed by atoms with Gasteiger partial charge in [-0.05, 0) is 37.1 Å². The molecule has 6 heteroatoms. The number of hydrogen-bond donors (Lipinski definition) is 2. The molecule has 2 aromatic rings. The molecule has 0 amide bonds. The number of hydrogen-bond acceptors (Lipinski definition) is 4. The van der Waals surface area contributed by atoms with Crippen LogP contribution < -0.4 is 5.56 Å². The van der Waals surface area contributed by atoms with Crippen molar-refractivity contribution in [3.63, 3.8) is 0 Å². The van der Waals surface area contributed by atoms with Crippen LogP contribution in [-0.4, -0.2) is 28.8 Å². The monoisotopic (exact) mass is 278 g/mol. The van der Waals surface area contributed by atoms with Crippen molar-refractivity contribution >= 4 is 0 Å². The molecule has 0 saturated carbocycles. The first-order valence-electron chi connectivity index (χ1n) is 6.19. The Kier molecular flexibility index (Phi) is 4.47. The molecule has 106 valence electrons. The molecule has 0 fully saturated rings. The van der Waals surface area contributed by atoms with E-state index in [-0.39, 0.29) is 23.1 Å². The second-order valence-corrected chi connectivity index (χ2v) is 4.32. The van der Waals surface area contributed by atoms with Gasteiger partial charge in [0.25, 0.3) is 5.56 Å². The fourth-order valence-electron chi connectivity index (χ4n) is 1.85. The first kappa shape index (κ1) is 14.2. The van der Waals surface area contributed by atoms with Gasteiger partial charge >= 0.3 is 0 Å². The van der Waals surface area contributed by atoms with Crippen molar-refractivity contribution in [1.82, 2.24) is 9.97 Å². The molecule has 1 aromatic carbocycles. The van der Waals surface area contributed by atoms with Crippen molar-refractivity contribution in [2.24, 2.45) is 0 Å². The Bertz CT molecular complexity index is 638. The van der Waals surface area contributed by atoms with Crippen LogP contribution in [-0.2, 0) is 11.2 Å². The standard InChI is InChI=1S/C14H15FN2O3/c1-20-8-2-3-11-13(18)16-12(17-14(11)19)9-4-6-10(15)7-5-9/h4-7H,2-3,8H2,1H3,(H2,16,17,18,19). The third-order valence-electron chi connectivity index (χ3n) is 2.89. The van der Waals surface area contributed by atoms with Crippen molar-refractivity contribution in [2.45, 2.75) is 12.8 Å². The molecule has 0 radical (unpaired) electrons. The first-order chi connectivity index (χ1) is 9.61. The zero-order valence-corrected chi connectivity index (χ0v) is 11.0. The molecule has 0 atom stereocenters. The Hall–Kier alpha value is -2.21. The summed E-state index contributed by atoms with van der Waals surface area (Å²) in [5.41, 5.74) is 0.364. The largest absolute Gasteiger partial charge is 0.493 e. The number of nitrogens with one attached hydrogen (secondary N) is 1. The highest BCUT2D eigenvalue weighted by Crippen LogP contribution is 2.18. The molecule has 2 rings (SSSR count). The summed E-state index contributed by atoms with van der Waals surface area (Å²) < 4.78 is 17.7. The van der Waals surface area contributed by atoms with E-state index < -0.39 is 5.56 Å². The van der Waals surface area contributed by atoms with E-state index in [4.69, 9.17) is 4.74 Å². The van der Waals surface area contributed by atoms with Gasteiger partial charge in [0, 0.05) is 19.3 Å². The van der Waals surface area contributed by atoms with Gasteiger partial charge in [-0.2, -0.15) is 4.98 Å². The van der Waals surface area contributed by atoms with Crippen LogP contribution >= 0.6 is 0 Å². The Morgan fingerprint density at radius 3 is 2.65 bits per heavy atom. The van der Waals surface area contributed by atoms with E-state index in [2.05, 4.69) is 9.97 Å². The fourth-order valence-corrected chi connectivity index (χ4v) is 1.85. The average molecular weight is 278 g/mol. The van der Waals surface area contributed by atoms with Crippen molar-refractivity contribution in [2.75, 3.05) is 13.7 Å². The Labute approximate surface area is 115 Å². The predicted molar refractivity (Wildman–Crippen MR) is 72.1 cm³/mol. The molecule has 5 nitrogen and oxygen atoms in total. The summed E-state index contributed by atoms with van der Waals surface area (Å²) in [6.07, 6.45) is 0.996. The maximum Gasteiger partial charge on any atom is 0.258 e. The van der Waals surface area contributed by atoms with Crippen LogP contribution in [0.4, 0.5) is 4.39 Å². The van der Waals surface area contributed by atoms with Gasteiger partial charge in [-0.15, -0.1) is 0 Å². The minimum atomic E-state index is -0.395. The number of aromatic hydroxyl groups is 1. The molecule has 0 spiro atoms. The van der Waals surface area contributed by atoms with E-state index in [1.54, 1.807) is 7.11 Å². The Morgan fingerprint density at radius 2 is 2.05 bits per heavy atom. The fraction of sp³-hybridized carbons (Fsp3) is 0.286. The third kappa shape index (κ3) is 3.21. The highest BCUT2D eigenvalue weighted by molar-refractivity contribution is 5.55. The minimum Gasteiger partial charge on any atom is -0.493 e. The summed E-state index contributed by atoms with van der Waals surface area (Å²) in [6, 6.07) is 5.49. The number of halogens is 1. The van der Waals surface area contributed by atoms with Crippen LogP contribution in [0.3, 0.4) is 0 Å². The van der Waals surface area contributed by atoms with E-state index >= 15 is 0 Å². The van der Waals surface area contributed by atoms with E-state index in [1.165, 1.54) is 24.3 Å². The minimum absolute atomic E-state index is 0.211. The molecule has 0 aliphatic heterocycles. The normalized spacial score (nSPS) is 10.7. The lowest BCUT2D eigenvalue weighted by atomic mass is 10.1. The Balaban J connectivity index is 2.30. The maximum absolute atomic E-state index is 12.8. The number of methoxy groups -OCH3 is 1. The van der Waals surface area contributed by atoms with E-state index in [0.717, 1.165) is 0 Å². The summed E-state index contributed by atoms with van der Waals surface area (Å²) in [5, 5.41) is 9.84. The van der Waals surface area contributed by atoms with Crippen molar-refractivity contribution in [3.8, 4) is 17.3 Å². The second-order valence-electron chi connectivity index (χ2n) is 4.32. The lowest BCUT2D eigenvalue weighted by molar-refractivity contribution is 0.195. The second kappa shape index (κ2) is 6.29. The molecule has 0 aliphatic rings. The highest BCUT2D eigenvalue weighted by Gasteiger charge is 2.11. The first-order valence-corrected chi connectivity index (χ1v) is 6.19. The van der Waals surface area contributed by atoms with E-state index in [9.17, 15) is 14.3 Å². The van der Waals surface area contributed by atoms with Crippen LogP contribution in [0.5, 0.6) is 5.88 Å². The molecular formula is C14H15FN2O3. The molecule has 0 bridgehead atoms. The summed E-state index contributed by atoms with van der Waals surface area (Å²) >= 11 is 0. The highest BCUT2D eigenvalue weighted by atomic mass is 19.1. The number of H-pyrrole nitrogens is 1. The molecule has 0 aliphatic carbocycles. The molecule has 0 unspecified atom stereocenters. The predicted octanol–water partition coefficient (Wildman–Crippen LogP) is 1.86. The number of nitrogens with zero attached hydrogens (tertiary/aromatic N) is 1. The average Bonchev–Trinajstić information content (AvgIpc) is 2.42. The van der Waals surface area contributed by atoms with Gasteiger partial charge in [0.1, 0.15) is 11.6 Å². The van der Waals surface area contributed by atoms with Crippen molar-refractivity contribution in [3.05, 3.63) is 46.0 Å². The summed E-state index contributed by atoms with van der Waals surface area (Å²) in [6.45, 7) is 0.499. The SMILES string of the molecule is COCCCc1c(O)nc(-c2ccc(F)cc2)[nH]c1=O. The number of aromatic amines is 1. The van der Waals surface area contributed by atoms with Crippen LogP contribution in [0.25, 0.3) is 11.4 Å². The van der Waals surface area contributed by atoms with Crippen LogP contribution in [0.1, 0.15) is 12.0 Å². The molecule has 20 heavy (non-hydrogen) atoms. The smallest absolute Gasteiger partial charge is 0.258 e. The molecule has 1 heterocycles. The van der Waals surface area contributed by atoms with Gasteiger partial charge < -0.3 is 14.8 Å². The summed E-state index contributed by atoms with van der Waals surface area (Å²) in [5.74, 6) is -0.469. The van der Waals surface area contributed by atoms with Gasteiger partial charge in [-0.3, -0.25) is 4.79 Å². The third-order valence-corrected chi connectivity index (χ3v) is 2.89. The summed E-state index contributed by atoms with van der Waals surface area (Å²) in [7, 11) is 1.57. The Morgan fingerprint density at radius 1 is 1.35 bits per heavy atom. The number of aromatic nitrogens is 2. The lowest BCUT2D eigenvalue weighted by Gasteiger charge is -2.06. The molecule has 1 aromatic heterocycles. The lowest BCUT2D eigenvalue weighted by Crippen LogP contribution is -2.15. The maximum atomic E-state index is 12.8. The molecular weight excluding hydrogens is 263 g/mol.